The number of carbonyl (C=O) groups excluding carboxylic acids is 1. The second-order valence-electron chi connectivity index (χ2n) is 4.27. The fourth-order valence-electron chi connectivity index (χ4n) is 2.11. The zero-order chi connectivity index (χ0) is 12.4. The van der Waals surface area contributed by atoms with Gasteiger partial charge in [-0.2, -0.15) is 0 Å². The third-order valence-electron chi connectivity index (χ3n) is 3.17. The lowest BCUT2D eigenvalue weighted by atomic mass is 10.3. The molecule has 1 atom stereocenters. The first-order valence-corrected chi connectivity index (χ1v) is 6.31. The van der Waals surface area contributed by atoms with Crippen molar-refractivity contribution in [3.8, 4) is 0 Å². The summed E-state index contributed by atoms with van der Waals surface area (Å²) in [6.07, 6.45) is 6.02. The first-order chi connectivity index (χ1) is 8.13. The van der Waals surface area contributed by atoms with Gasteiger partial charge in [-0.25, -0.2) is 0 Å². The van der Waals surface area contributed by atoms with Crippen LogP contribution in [0.1, 0.15) is 19.8 Å². The number of hydrogen-bond acceptors (Lipinski definition) is 3. The standard InChI is InChI=1S/C12H16N2O2S/c1-3-14-11(15)10(16-12(14)17)7-6-9-5-4-8-13(9)2/h6-7H,3-5,8H2,1-2H3/p+1. The Bertz CT molecular complexity index is 415. The molecule has 5 heteroatoms. The van der Waals surface area contributed by atoms with Gasteiger partial charge >= 0.3 is 0 Å². The molecule has 4 nitrogen and oxygen atoms in total. The van der Waals surface area contributed by atoms with E-state index in [0.29, 0.717) is 12.3 Å². The van der Waals surface area contributed by atoms with Gasteiger partial charge < -0.3 is 9.64 Å². The summed E-state index contributed by atoms with van der Waals surface area (Å²) in [5.41, 5.74) is 1.31. The molecule has 0 aromatic carbocycles. The predicted octanol–water partition coefficient (Wildman–Crippen LogP) is 0.226. The average molecular weight is 253 g/mol. The second-order valence-corrected chi connectivity index (χ2v) is 4.62. The Hall–Kier alpha value is -1.20. The molecule has 2 fully saturated rings. The molecular formula is C12H17N2O2S+. The van der Waals surface area contributed by atoms with Gasteiger partial charge in [-0.15, -0.1) is 0 Å². The zero-order valence-electron chi connectivity index (χ0n) is 10.2. The summed E-state index contributed by atoms with van der Waals surface area (Å²) >= 11 is 4.98. The smallest absolute Gasteiger partial charge is 0.297 e. The molecule has 1 unspecified atom stereocenters. The Morgan fingerprint density at radius 2 is 2.29 bits per heavy atom. The number of hydrogen-bond donors (Lipinski definition) is 1. The van der Waals surface area contributed by atoms with E-state index in [4.69, 9.17) is 17.0 Å². The van der Waals surface area contributed by atoms with Gasteiger partial charge in [0.05, 0.1) is 13.6 Å². The highest BCUT2D eigenvalue weighted by Crippen LogP contribution is 2.17. The van der Waals surface area contributed by atoms with Gasteiger partial charge in [0.2, 0.25) is 0 Å². The molecule has 0 aliphatic carbocycles. The minimum atomic E-state index is -0.134. The molecular weight excluding hydrogens is 236 g/mol. The van der Waals surface area contributed by atoms with Crippen molar-refractivity contribution in [1.82, 2.24) is 4.90 Å². The number of nitrogens with zero attached hydrogens (tertiary/aromatic N) is 1. The van der Waals surface area contributed by atoms with Crippen LogP contribution in [0.25, 0.3) is 0 Å². The monoisotopic (exact) mass is 253 g/mol. The molecule has 1 N–H and O–H groups in total. The summed E-state index contributed by atoms with van der Waals surface area (Å²) in [6.45, 7) is 3.59. The molecule has 17 heavy (non-hydrogen) atoms. The average Bonchev–Trinajstić information content (AvgIpc) is 2.81. The van der Waals surface area contributed by atoms with Gasteiger partial charge in [0.15, 0.2) is 5.76 Å². The number of rotatable bonds is 2. The molecule has 2 rings (SSSR count). The van der Waals surface area contributed by atoms with Gasteiger partial charge in [-0.3, -0.25) is 9.69 Å². The van der Waals surface area contributed by atoms with Crippen LogP contribution in [-0.2, 0) is 9.53 Å². The van der Waals surface area contributed by atoms with Crippen LogP contribution in [0.2, 0.25) is 0 Å². The highest BCUT2D eigenvalue weighted by molar-refractivity contribution is 7.80. The van der Waals surface area contributed by atoms with Gasteiger partial charge in [0, 0.05) is 19.4 Å². The number of likely N-dealkylation sites (N-methyl/N-ethyl adjacent to an activating group) is 1. The number of quaternary nitrogens is 1. The maximum absolute atomic E-state index is 11.8. The molecule has 0 radical (unpaired) electrons. The van der Waals surface area contributed by atoms with Crippen LogP contribution < -0.4 is 4.90 Å². The molecule has 2 heterocycles. The van der Waals surface area contributed by atoms with Crippen molar-refractivity contribution in [2.45, 2.75) is 19.8 Å². The van der Waals surface area contributed by atoms with Crippen LogP contribution in [0.4, 0.5) is 0 Å². The van der Waals surface area contributed by atoms with Crippen LogP contribution in [-0.4, -0.2) is 36.1 Å². The van der Waals surface area contributed by atoms with Gasteiger partial charge in [-0.05, 0) is 31.3 Å². The molecule has 2 aliphatic heterocycles. The summed E-state index contributed by atoms with van der Waals surface area (Å²) in [4.78, 5) is 14.7. The number of allylic oxidation sites excluding steroid dienone is 3. The molecule has 2 saturated heterocycles. The van der Waals surface area contributed by atoms with Gasteiger partial charge in [0.1, 0.15) is 5.70 Å². The Morgan fingerprint density at radius 1 is 1.53 bits per heavy atom. The summed E-state index contributed by atoms with van der Waals surface area (Å²) in [5, 5.41) is 0.259. The van der Waals surface area contributed by atoms with Crippen molar-refractivity contribution in [3.63, 3.8) is 0 Å². The Balaban J connectivity index is 2.13. The number of carbonyl (C=O) groups is 1. The van der Waals surface area contributed by atoms with E-state index in [9.17, 15) is 4.79 Å². The molecule has 0 saturated carbocycles. The van der Waals surface area contributed by atoms with Crippen molar-refractivity contribution in [1.29, 1.82) is 0 Å². The van der Waals surface area contributed by atoms with Crippen molar-refractivity contribution in [2.24, 2.45) is 0 Å². The van der Waals surface area contributed by atoms with Crippen molar-refractivity contribution in [2.75, 3.05) is 20.1 Å². The summed E-state index contributed by atoms with van der Waals surface area (Å²) < 4.78 is 5.29. The van der Waals surface area contributed by atoms with Crippen molar-refractivity contribution < 1.29 is 14.4 Å². The SMILES string of the molecule is CCN1C(=O)C(=CC=C2CCC[NH+]2C)OC1=S. The fourth-order valence-corrected chi connectivity index (χ4v) is 2.41. The van der Waals surface area contributed by atoms with Crippen LogP contribution >= 0.6 is 12.2 Å². The summed E-state index contributed by atoms with van der Waals surface area (Å²) in [7, 11) is 2.14. The molecule has 0 aromatic heterocycles. The molecule has 1 amide bonds. The third-order valence-corrected chi connectivity index (χ3v) is 3.48. The topological polar surface area (TPSA) is 34.0 Å². The quantitative estimate of drug-likeness (QED) is 0.565. The van der Waals surface area contributed by atoms with Gasteiger partial charge in [0.25, 0.3) is 11.1 Å². The Labute approximate surface area is 107 Å². The van der Waals surface area contributed by atoms with Gasteiger partial charge in [-0.1, -0.05) is 0 Å². The van der Waals surface area contributed by atoms with Crippen molar-refractivity contribution >= 4 is 23.3 Å². The minimum absolute atomic E-state index is 0.134. The molecule has 92 valence electrons. The maximum atomic E-state index is 11.8. The molecule has 2 aliphatic rings. The van der Waals surface area contributed by atoms with E-state index in [0.717, 1.165) is 13.0 Å². The third kappa shape index (κ3) is 2.40. The zero-order valence-corrected chi connectivity index (χ0v) is 11.0. The first kappa shape index (κ1) is 12.3. The first-order valence-electron chi connectivity index (χ1n) is 5.90. The largest absolute Gasteiger partial charge is 0.426 e. The molecule has 0 bridgehead atoms. The van der Waals surface area contributed by atoms with Crippen LogP contribution in [0.15, 0.2) is 23.6 Å². The van der Waals surface area contributed by atoms with E-state index < -0.39 is 0 Å². The van der Waals surface area contributed by atoms with E-state index in [1.807, 2.05) is 13.0 Å². The Morgan fingerprint density at radius 3 is 2.82 bits per heavy atom. The highest BCUT2D eigenvalue weighted by atomic mass is 32.1. The number of thiocarbonyl (C=S) groups is 1. The minimum Gasteiger partial charge on any atom is -0.426 e. The highest BCUT2D eigenvalue weighted by Gasteiger charge is 2.31. The maximum Gasteiger partial charge on any atom is 0.297 e. The number of likely N-dealkylation sites (tertiary alicyclic amines) is 1. The predicted molar refractivity (Wildman–Crippen MR) is 68.2 cm³/mol. The summed E-state index contributed by atoms with van der Waals surface area (Å²) in [6, 6.07) is 0. The number of nitrogens with one attached hydrogen (secondary N) is 1. The van der Waals surface area contributed by atoms with E-state index >= 15 is 0 Å². The Kier molecular flexibility index (Phi) is 3.59. The normalized spacial score (nSPS) is 29.5. The molecule has 0 spiro atoms. The van der Waals surface area contributed by atoms with Crippen LogP contribution in [0.3, 0.4) is 0 Å². The van der Waals surface area contributed by atoms with E-state index in [1.165, 1.54) is 21.9 Å². The van der Waals surface area contributed by atoms with E-state index in [1.54, 1.807) is 6.08 Å². The fraction of sp³-hybridized carbons (Fsp3) is 0.500. The second kappa shape index (κ2) is 4.98. The lowest BCUT2D eigenvalue weighted by Crippen LogP contribution is -3.04. The van der Waals surface area contributed by atoms with E-state index in [-0.39, 0.29) is 11.1 Å². The van der Waals surface area contributed by atoms with Crippen molar-refractivity contribution in [3.05, 3.63) is 23.6 Å². The lowest BCUT2D eigenvalue weighted by molar-refractivity contribution is -0.828. The van der Waals surface area contributed by atoms with Crippen LogP contribution in [0, 0.1) is 0 Å². The van der Waals surface area contributed by atoms with E-state index in [2.05, 4.69) is 7.05 Å². The number of amides is 1. The summed E-state index contributed by atoms with van der Waals surface area (Å²) in [5.74, 6) is 0.203. The molecule has 0 aromatic rings. The van der Waals surface area contributed by atoms with Crippen LogP contribution in [0.5, 0.6) is 0 Å². The lowest BCUT2D eigenvalue weighted by Gasteiger charge is -2.06. The number of ether oxygens (including phenoxy) is 1.